The van der Waals surface area contributed by atoms with Crippen LogP contribution < -0.4 is 22.1 Å². The number of carboxylic acid groups (broad SMARTS) is 1. The van der Waals surface area contributed by atoms with Crippen LogP contribution in [-0.4, -0.2) is 39.1 Å². The first-order valence-corrected chi connectivity index (χ1v) is 8.20. The molecule has 1 heterocycles. The summed E-state index contributed by atoms with van der Waals surface area (Å²) in [6.45, 7) is -0.0250. The topological polar surface area (TPSA) is 176 Å². The van der Waals surface area contributed by atoms with Gasteiger partial charge in [-0.1, -0.05) is 12.1 Å². The molecule has 148 valence electrons. The highest BCUT2D eigenvalue weighted by Gasteiger charge is 2.13. The van der Waals surface area contributed by atoms with Crippen molar-refractivity contribution in [2.24, 2.45) is 5.73 Å². The number of ether oxygens (including phenoxy) is 1. The van der Waals surface area contributed by atoms with E-state index in [1.807, 2.05) is 0 Å². The van der Waals surface area contributed by atoms with Gasteiger partial charge in [-0.25, -0.2) is 14.6 Å². The number of benzene rings is 1. The number of aliphatic carboxylic acids is 1. The van der Waals surface area contributed by atoms with E-state index in [-0.39, 0.29) is 31.2 Å². The number of hydrogen-bond donors (Lipinski definition) is 5. The van der Waals surface area contributed by atoms with Crippen molar-refractivity contribution in [1.29, 1.82) is 0 Å². The number of carbonyl (C=O) groups is 3. The molecule has 11 nitrogen and oxygen atoms in total. The summed E-state index contributed by atoms with van der Waals surface area (Å²) in [5, 5.41) is 13.7. The van der Waals surface area contributed by atoms with E-state index in [1.165, 1.54) is 12.3 Å². The number of nitrogens with one attached hydrogen (secondary N) is 3. The molecule has 11 heteroatoms. The van der Waals surface area contributed by atoms with E-state index in [9.17, 15) is 19.2 Å². The number of H-pyrrole nitrogens is 1. The van der Waals surface area contributed by atoms with Gasteiger partial charge >= 0.3 is 17.8 Å². The van der Waals surface area contributed by atoms with Crippen LogP contribution in [0.2, 0.25) is 0 Å². The minimum atomic E-state index is -1.16. The maximum absolute atomic E-state index is 11.8. The second-order valence-corrected chi connectivity index (χ2v) is 5.72. The highest BCUT2D eigenvalue weighted by atomic mass is 16.5. The second-order valence-electron chi connectivity index (χ2n) is 5.72. The standard InChI is InChI=1S/C17H19N5O6/c18-12(15(24)25)5-6-14(23)20-11-3-1-10(2-4-11)9-28-17(27)22-13-7-8-19-16(26)21-13/h1-4,7-8,12H,5-6,9,18H2,(H,20,23)(H,24,25)(H2,19,21,22,26,27). The van der Waals surface area contributed by atoms with Crippen LogP contribution in [0.5, 0.6) is 0 Å². The Morgan fingerprint density at radius 2 is 1.89 bits per heavy atom. The largest absolute Gasteiger partial charge is 0.480 e. The molecule has 0 saturated carbocycles. The third-order valence-corrected chi connectivity index (χ3v) is 3.52. The van der Waals surface area contributed by atoms with Crippen molar-refractivity contribution in [1.82, 2.24) is 9.97 Å². The molecular formula is C17H19N5O6. The molecule has 1 unspecified atom stereocenters. The molecule has 0 aliphatic carbocycles. The number of carboxylic acids is 1. The van der Waals surface area contributed by atoms with Crippen LogP contribution in [0.1, 0.15) is 18.4 Å². The van der Waals surface area contributed by atoms with Gasteiger partial charge in [-0.2, -0.15) is 0 Å². The summed E-state index contributed by atoms with van der Waals surface area (Å²) in [7, 11) is 0. The fourth-order valence-corrected chi connectivity index (χ4v) is 2.05. The van der Waals surface area contributed by atoms with E-state index < -0.39 is 23.8 Å². The minimum absolute atomic E-state index is 0.0183. The summed E-state index contributed by atoms with van der Waals surface area (Å²) < 4.78 is 5.03. The number of hydrogen-bond acceptors (Lipinski definition) is 7. The van der Waals surface area contributed by atoms with Crippen molar-refractivity contribution in [2.45, 2.75) is 25.5 Å². The minimum Gasteiger partial charge on any atom is -0.480 e. The number of amides is 2. The van der Waals surface area contributed by atoms with Crippen LogP contribution in [0, 0.1) is 0 Å². The molecule has 0 aliphatic rings. The summed E-state index contributed by atoms with van der Waals surface area (Å²) in [6.07, 6.45) is 0.506. The predicted molar refractivity (Wildman–Crippen MR) is 98.6 cm³/mol. The van der Waals surface area contributed by atoms with Gasteiger partial charge in [0.25, 0.3) is 0 Å². The maximum Gasteiger partial charge on any atom is 0.413 e. The first kappa shape index (κ1) is 20.6. The average Bonchev–Trinajstić information content (AvgIpc) is 2.65. The molecule has 2 rings (SSSR count). The van der Waals surface area contributed by atoms with Gasteiger partial charge in [0, 0.05) is 18.3 Å². The van der Waals surface area contributed by atoms with Crippen molar-refractivity contribution in [2.75, 3.05) is 10.6 Å². The summed E-state index contributed by atoms with van der Waals surface area (Å²) in [4.78, 5) is 50.9. The van der Waals surface area contributed by atoms with Gasteiger partial charge in [0.05, 0.1) is 0 Å². The Hall–Kier alpha value is -3.73. The Labute approximate surface area is 158 Å². The molecule has 1 aromatic heterocycles. The number of aromatic amines is 1. The van der Waals surface area contributed by atoms with Crippen molar-refractivity contribution in [3.8, 4) is 0 Å². The van der Waals surface area contributed by atoms with Crippen LogP contribution in [-0.2, 0) is 20.9 Å². The molecule has 0 spiro atoms. The predicted octanol–water partition coefficient (Wildman–Crippen LogP) is 0.649. The van der Waals surface area contributed by atoms with E-state index >= 15 is 0 Å². The zero-order chi connectivity index (χ0) is 20.5. The van der Waals surface area contributed by atoms with E-state index in [0.717, 1.165) is 0 Å². The number of aromatic nitrogens is 2. The van der Waals surface area contributed by atoms with Crippen molar-refractivity contribution in [3.05, 3.63) is 52.6 Å². The molecule has 1 atom stereocenters. The zero-order valence-corrected chi connectivity index (χ0v) is 14.7. The van der Waals surface area contributed by atoms with Gasteiger partial charge in [-0.15, -0.1) is 0 Å². The number of nitrogens with zero attached hydrogens (tertiary/aromatic N) is 1. The van der Waals surface area contributed by atoms with Crippen LogP contribution in [0.4, 0.5) is 16.3 Å². The molecule has 0 aliphatic heterocycles. The summed E-state index contributed by atoms with van der Waals surface area (Å²) >= 11 is 0. The molecule has 2 amide bonds. The Balaban J connectivity index is 1.77. The van der Waals surface area contributed by atoms with Crippen molar-refractivity contribution in [3.63, 3.8) is 0 Å². The van der Waals surface area contributed by atoms with Crippen LogP contribution >= 0.6 is 0 Å². The van der Waals surface area contributed by atoms with Gasteiger partial charge in [-0.05, 0) is 30.2 Å². The van der Waals surface area contributed by atoms with Gasteiger partial charge in [0.15, 0.2) is 0 Å². The highest BCUT2D eigenvalue weighted by molar-refractivity contribution is 5.91. The first-order chi connectivity index (χ1) is 13.3. The number of carbonyl (C=O) groups excluding carboxylic acids is 2. The van der Waals surface area contributed by atoms with E-state index in [4.69, 9.17) is 15.6 Å². The highest BCUT2D eigenvalue weighted by Crippen LogP contribution is 2.12. The van der Waals surface area contributed by atoms with Gasteiger partial charge < -0.3 is 20.9 Å². The fourth-order valence-electron chi connectivity index (χ4n) is 2.05. The smallest absolute Gasteiger partial charge is 0.413 e. The Bertz CT molecular complexity index is 895. The molecule has 2 aromatic rings. The summed E-state index contributed by atoms with van der Waals surface area (Å²) in [5.74, 6) is -1.35. The number of anilines is 2. The van der Waals surface area contributed by atoms with Crippen LogP contribution in [0.25, 0.3) is 0 Å². The average molecular weight is 389 g/mol. The SMILES string of the molecule is NC(CCC(=O)Nc1ccc(COC(=O)Nc2ccnc(=O)[nH]2)cc1)C(=O)O. The molecule has 1 aromatic carbocycles. The van der Waals surface area contributed by atoms with E-state index in [0.29, 0.717) is 11.3 Å². The lowest BCUT2D eigenvalue weighted by molar-refractivity contribution is -0.138. The van der Waals surface area contributed by atoms with Crippen LogP contribution in [0.3, 0.4) is 0 Å². The Morgan fingerprint density at radius 1 is 1.18 bits per heavy atom. The van der Waals surface area contributed by atoms with Crippen LogP contribution in [0.15, 0.2) is 41.3 Å². The van der Waals surface area contributed by atoms with E-state index in [1.54, 1.807) is 24.3 Å². The lowest BCUT2D eigenvalue weighted by Gasteiger charge is -2.09. The normalized spacial score (nSPS) is 11.3. The summed E-state index contributed by atoms with van der Waals surface area (Å²) in [6, 6.07) is 6.86. The summed E-state index contributed by atoms with van der Waals surface area (Å²) in [5.41, 5.74) is 5.93. The molecule has 0 bridgehead atoms. The van der Waals surface area contributed by atoms with E-state index in [2.05, 4.69) is 20.6 Å². The zero-order valence-electron chi connectivity index (χ0n) is 14.7. The van der Waals surface area contributed by atoms with Gasteiger partial charge in [0.1, 0.15) is 18.5 Å². The van der Waals surface area contributed by atoms with Gasteiger partial charge in [0.2, 0.25) is 5.91 Å². The number of rotatable bonds is 8. The molecule has 0 fully saturated rings. The Morgan fingerprint density at radius 3 is 2.54 bits per heavy atom. The molecule has 6 N–H and O–H groups in total. The van der Waals surface area contributed by atoms with Crippen molar-refractivity contribution < 1.29 is 24.2 Å². The second kappa shape index (κ2) is 9.83. The third kappa shape index (κ3) is 6.88. The molecule has 28 heavy (non-hydrogen) atoms. The lowest BCUT2D eigenvalue weighted by Crippen LogP contribution is -2.31. The monoisotopic (exact) mass is 389 g/mol. The fraction of sp³-hybridized carbons (Fsp3) is 0.235. The maximum atomic E-state index is 11.8. The quantitative estimate of drug-likeness (QED) is 0.437. The molecule has 0 radical (unpaired) electrons. The lowest BCUT2D eigenvalue weighted by atomic mass is 10.1. The Kier molecular flexibility index (Phi) is 7.22. The van der Waals surface area contributed by atoms with Gasteiger partial charge in [-0.3, -0.25) is 19.9 Å². The molecule has 0 saturated heterocycles. The third-order valence-electron chi connectivity index (χ3n) is 3.52. The van der Waals surface area contributed by atoms with Crippen molar-refractivity contribution >= 4 is 29.5 Å². The number of nitrogens with two attached hydrogens (primary N) is 1. The molecular weight excluding hydrogens is 370 g/mol. The first-order valence-electron chi connectivity index (χ1n) is 8.20.